The van der Waals surface area contributed by atoms with Gasteiger partial charge in [-0.05, 0) is 17.7 Å². The van der Waals surface area contributed by atoms with E-state index in [1.807, 2.05) is 36.2 Å². The van der Waals surface area contributed by atoms with Gasteiger partial charge in [-0.15, -0.1) is 0 Å². The summed E-state index contributed by atoms with van der Waals surface area (Å²) in [5.41, 5.74) is 1.08. The predicted octanol–water partition coefficient (Wildman–Crippen LogP) is 3.83. The summed E-state index contributed by atoms with van der Waals surface area (Å²) in [6.07, 6.45) is 1.79. The molecule has 0 fully saturated rings. The van der Waals surface area contributed by atoms with Crippen molar-refractivity contribution in [2.24, 2.45) is 4.99 Å². The van der Waals surface area contributed by atoms with Gasteiger partial charge in [0.05, 0.1) is 12.7 Å². The van der Waals surface area contributed by atoms with Crippen LogP contribution in [0.25, 0.3) is 0 Å². The lowest BCUT2D eigenvalue weighted by molar-refractivity contribution is 0.376. The normalized spacial score (nSPS) is 12.3. The van der Waals surface area contributed by atoms with E-state index in [0.717, 1.165) is 22.3 Å². The number of rotatable bonds is 4. The van der Waals surface area contributed by atoms with Gasteiger partial charge in [0.15, 0.2) is 5.96 Å². The number of oxazole rings is 1. The van der Waals surface area contributed by atoms with E-state index in [9.17, 15) is 0 Å². The molecule has 0 spiro atoms. The summed E-state index contributed by atoms with van der Waals surface area (Å²) in [5, 5.41) is 4.01. The maximum atomic E-state index is 6.04. The smallest absolute Gasteiger partial charge is 0.213 e. The minimum Gasteiger partial charge on any atom is -0.443 e. The number of nitrogens with one attached hydrogen (secondary N) is 1. The Morgan fingerprint density at radius 2 is 2.12 bits per heavy atom. The van der Waals surface area contributed by atoms with Crippen LogP contribution in [0.5, 0.6) is 0 Å². The van der Waals surface area contributed by atoms with Crippen LogP contribution in [0.1, 0.15) is 38.0 Å². The van der Waals surface area contributed by atoms with Gasteiger partial charge in [-0.2, -0.15) is 0 Å². The average molecular weight is 349 g/mol. The first-order valence-corrected chi connectivity index (χ1v) is 8.29. The van der Waals surface area contributed by atoms with E-state index in [4.69, 9.17) is 16.0 Å². The summed E-state index contributed by atoms with van der Waals surface area (Å²) < 4.78 is 5.79. The lowest BCUT2D eigenvalue weighted by Gasteiger charge is -2.21. The first-order chi connectivity index (χ1) is 11.3. The highest BCUT2D eigenvalue weighted by Crippen LogP contribution is 2.22. The van der Waals surface area contributed by atoms with Gasteiger partial charge >= 0.3 is 0 Å². The molecule has 0 aliphatic carbocycles. The van der Waals surface area contributed by atoms with E-state index < -0.39 is 0 Å². The first kappa shape index (κ1) is 18.3. The zero-order chi connectivity index (χ0) is 17.7. The maximum Gasteiger partial charge on any atom is 0.213 e. The van der Waals surface area contributed by atoms with Crippen LogP contribution in [0, 0.1) is 0 Å². The number of hydrogen-bond donors (Lipinski definition) is 1. The molecule has 0 radical (unpaired) electrons. The van der Waals surface area contributed by atoms with Gasteiger partial charge in [0.1, 0.15) is 5.76 Å². The summed E-state index contributed by atoms with van der Waals surface area (Å²) in [4.78, 5) is 10.7. The molecule has 130 valence electrons. The molecule has 24 heavy (non-hydrogen) atoms. The van der Waals surface area contributed by atoms with Crippen LogP contribution < -0.4 is 5.32 Å². The van der Waals surface area contributed by atoms with E-state index in [2.05, 4.69) is 36.1 Å². The van der Waals surface area contributed by atoms with Crippen LogP contribution in [-0.2, 0) is 18.5 Å². The Morgan fingerprint density at radius 3 is 2.71 bits per heavy atom. The highest BCUT2D eigenvalue weighted by Gasteiger charge is 2.19. The maximum absolute atomic E-state index is 6.04. The molecule has 1 aromatic carbocycles. The molecule has 0 aliphatic rings. The summed E-state index contributed by atoms with van der Waals surface area (Å²) in [7, 11) is 3.74. The molecule has 1 aromatic heterocycles. The summed E-state index contributed by atoms with van der Waals surface area (Å²) >= 11 is 6.04. The highest BCUT2D eigenvalue weighted by molar-refractivity contribution is 6.30. The Morgan fingerprint density at radius 1 is 1.38 bits per heavy atom. The summed E-state index contributed by atoms with van der Waals surface area (Å²) in [5.74, 6) is 2.30. The van der Waals surface area contributed by atoms with E-state index in [0.29, 0.717) is 19.0 Å². The van der Waals surface area contributed by atoms with Crippen molar-refractivity contribution < 1.29 is 4.42 Å². The second-order valence-corrected chi connectivity index (χ2v) is 7.19. The summed E-state index contributed by atoms with van der Waals surface area (Å²) in [6, 6.07) is 7.81. The third-order valence-electron chi connectivity index (χ3n) is 3.57. The monoisotopic (exact) mass is 348 g/mol. The zero-order valence-electron chi connectivity index (χ0n) is 14.9. The van der Waals surface area contributed by atoms with E-state index in [1.165, 1.54) is 0 Å². The van der Waals surface area contributed by atoms with Crippen molar-refractivity contribution in [3.63, 3.8) is 0 Å². The quantitative estimate of drug-likeness (QED) is 0.674. The van der Waals surface area contributed by atoms with Crippen molar-refractivity contribution in [1.82, 2.24) is 15.2 Å². The van der Waals surface area contributed by atoms with Gasteiger partial charge in [-0.1, -0.05) is 44.5 Å². The number of benzene rings is 1. The Bertz CT molecular complexity index is 703. The highest BCUT2D eigenvalue weighted by atomic mass is 35.5. The van der Waals surface area contributed by atoms with Crippen LogP contribution in [0.15, 0.2) is 39.9 Å². The minimum atomic E-state index is -0.0453. The van der Waals surface area contributed by atoms with Crippen molar-refractivity contribution >= 4 is 17.6 Å². The average Bonchev–Trinajstić information content (AvgIpc) is 2.97. The Hall–Kier alpha value is -2.01. The zero-order valence-corrected chi connectivity index (χ0v) is 15.7. The molecular weight excluding hydrogens is 324 g/mol. The molecule has 5 nitrogen and oxygen atoms in total. The molecule has 1 N–H and O–H groups in total. The van der Waals surface area contributed by atoms with Crippen molar-refractivity contribution in [2.75, 3.05) is 14.1 Å². The number of halogens is 1. The Kier molecular flexibility index (Phi) is 5.89. The molecule has 2 aromatic rings. The fraction of sp³-hybridized carbons (Fsp3) is 0.444. The molecule has 1 heterocycles. The van der Waals surface area contributed by atoms with Gasteiger partial charge in [0, 0.05) is 31.1 Å². The fourth-order valence-electron chi connectivity index (χ4n) is 2.26. The van der Waals surface area contributed by atoms with Gasteiger partial charge in [-0.25, -0.2) is 4.98 Å². The van der Waals surface area contributed by atoms with Crippen molar-refractivity contribution in [2.45, 2.75) is 39.3 Å². The summed E-state index contributed by atoms with van der Waals surface area (Å²) in [6.45, 7) is 7.50. The molecule has 0 unspecified atom stereocenters. The lowest BCUT2D eigenvalue weighted by Crippen LogP contribution is -2.38. The molecular formula is C18H25ClN4O. The molecule has 6 heteroatoms. The van der Waals surface area contributed by atoms with Crippen LogP contribution in [0.4, 0.5) is 0 Å². The van der Waals surface area contributed by atoms with Gasteiger partial charge in [-0.3, -0.25) is 4.99 Å². The largest absolute Gasteiger partial charge is 0.443 e. The number of guanidine groups is 1. The van der Waals surface area contributed by atoms with E-state index in [1.54, 1.807) is 13.2 Å². The third-order valence-corrected chi connectivity index (χ3v) is 3.81. The Labute approximate surface area is 148 Å². The molecule has 2 rings (SSSR count). The van der Waals surface area contributed by atoms with E-state index in [-0.39, 0.29) is 5.41 Å². The van der Waals surface area contributed by atoms with Crippen LogP contribution in [-0.4, -0.2) is 29.9 Å². The standard InChI is InChI=1S/C18H25ClN4O/c1-18(2,3)15-10-21-16(24-15)11-22-17(20-4)23(5)12-13-7-6-8-14(19)9-13/h6-10H,11-12H2,1-5H3,(H,20,22). The molecule has 0 saturated heterocycles. The second-order valence-electron chi connectivity index (χ2n) is 6.76. The van der Waals surface area contributed by atoms with Gasteiger partial charge < -0.3 is 14.6 Å². The van der Waals surface area contributed by atoms with Gasteiger partial charge in [0.2, 0.25) is 5.89 Å². The predicted molar refractivity (Wildman–Crippen MR) is 98.3 cm³/mol. The second kappa shape index (κ2) is 7.71. The van der Waals surface area contributed by atoms with Crippen molar-refractivity contribution in [3.8, 4) is 0 Å². The van der Waals surface area contributed by atoms with Gasteiger partial charge in [0.25, 0.3) is 0 Å². The number of aliphatic imine (C=N–C) groups is 1. The number of nitrogens with zero attached hydrogens (tertiary/aromatic N) is 3. The van der Waals surface area contributed by atoms with Crippen LogP contribution in [0.2, 0.25) is 5.02 Å². The topological polar surface area (TPSA) is 53.7 Å². The lowest BCUT2D eigenvalue weighted by atomic mass is 9.94. The number of hydrogen-bond acceptors (Lipinski definition) is 3. The SMILES string of the molecule is CN=C(NCc1ncc(C(C)(C)C)o1)N(C)Cc1cccc(Cl)c1. The van der Waals surface area contributed by atoms with Crippen LogP contribution >= 0.6 is 11.6 Å². The number of aromatic nitrogens is 1. The fourth-order valence-corrected chi connectivity index (χ4v) is 2.48. The molecule has 0 saturated carbocycles. The minimum absolute atomic E-state index is 0.0453. The van der Waals surface area contributed by atoms with Crippen molar-refractivity contribution in [3.05, 3.63) is 52.7 Å². The molecule has 0 bridgehead atoms. The van der Waals surface area contributed by atoms with Crippen LogP contribution in [0.3, 0.4) is 0 Å². The molecule has 0 aliphatic heterocycles. The molecule has 0 amide bonds. The molecule has 0 atom stereocenters. The van der Waals surface area contributed by atoms with Crippen molar-refractivity contribution in [1.29, 1.82) is 0 Å². The first-order valence-electron chi connectivity index (χ1n) is 7.91. The van der Waals surface area contributed by atoms with E-state index >= 15 is 0 Å². The third kappa shape index (κ3) is 4.99. The Balaban J connectivity index is 1.95.